The normalized spacial score (nSPS) is 40.6. The van der Waals surface area contributed by atoms with Gasteiger partial charge in [0, 0.05) is 24.5 Å². The van der Waals surface area contributed by atoms with Gasteiger partial charge in [0.15, 0.2) is 0 Å². The van der Waals surface area contributed by atoms with Gasteiger partial charge in [-0.3, -0.25) is 4.79 Å². The number of rotatable bonds is 1. The van der Waals surface area contributed by atoms with Crippen molar-refractivity contribution in [3.63, 3.8) is 0 Å². The highest BCUT2D eigenvalue weighted by Crippen LogP contribution is 2.38. The first-order chi connectivity index (χ1) is 8.75. The van der Waals surface area contributed by atoms with Gasteiger partial charge >= 0.3 is 0 Å². The van der Waals surface area contributed by atoms with Gasteiger partial charge in [-0.25, -0.2) is 0 Å². The van der Waals surface area contributed by atoms with E-state index >= 15 is 0 Å². The fourth-order valence-electron chi connectivity index (χ4n) is 4.41. The number of nitrogens with two attached hydrogens (primary N) is 1. The summed E-state index contributed by atoms with van der Waals surface area (Å²) in [5.41, 5.74) is 6.03. The second-order valence-corrected chi connectivity index (χ2v) is 6.56. The van der Waals surface area contributed by atoms with Crippen LogP contribution in [-0.4, -0.2) is 29.4 Å². The molecule has 3 heteroatoms. The minimum Gasteiger partial charge on any atom is -0.339 e. The molecule has 2 N–H and O–H groups in total. The summed E-state index contributed by atoms with van der Waals surface area (Å²) in [6.07, 6.45) is 10.7. The molecule has 2 saturated carbocycles. The van der Waals surface area contributed by atoms with E-state index in [2.05, 4.69) is 4.90 Å². The lowest BCUT2D eigenvalue weighted by atomic mass is 9.83. The number of nitrogens with zero attached hydrogens (tertiary/aromatic N) is 1. The zero-order valence-electron chi connectivity index (χ0n) is 11.3. The van der Waals surface area contributed by atoms with Crippen LogP contribution in [-0.2, 0) is 4.79 Å². The Morgan fingerprint density at radius 1 is 1.00 bits per heavy atom. The first-order valence-corrected chi connectivity index (χ1v) is 7.82. The molecule has 0 spiro atoms. The Kier molecular flexibility index (Phi) is 3.60. The third-order valence-electron chi connectivity index (χ3n) is 5.34. The molecule has 4 atom stereocenters. The van der Waals surface area contributed by atoms with E-state index in [4.69, 9.17) is 5.73 Å². The lowest BCUT2D eigenvalue weighted by Crippen LogP contribution is -2.49. The van der Waals surface area contributed by atoms with E-state index in [1.54, 1.807) is 0 Å². The van der Waals surface area contributed by atoms with Crippen LogP contribution >= 0.6 is 0 Å². The molecule has 1 aliphatic heterocycles. The molecule has 4 unspecified atom stereocenters. The minimum absolute atomic E-state index is 0.230. The maximum absolute atomic E-state index is 12.7. The van der Waals surface area contributed by atoms with E-state index in [-0.39, 0.29) is 12.0 Å². The molecule has 2 aliphatic carbocycles. The summed E-state index contributed by atoms with van der Waals surface area (Å²) in [6, 6.07) is 0.835. The number of piperidine rings is 1. The van der Waals surface area contributed by atoms with Gasteiger partial charge in [0.1, 0.15) is 0 Å². The van der Waals surface area contributed by atoms with Gasteiger partial charge in [-0.2, -0.15) is 0 Å². The summed E-state index contributed by atoms with van der Waals surface area (Å²) in [6.45, 7) is 1.01. The van der Waals surface area contributed by atoms with E-state index < -0.39 is 0 Å². The number of hydrogen-bond acceptors (Lipinski definition) is 2. The van der Waals surface area contributed by atoms with Gasteiger partial charge in [-0.15, -0.1) is 0 Å². The standard InChI is InChI=1S/C15H26N2O/c16-13-7-1-5-12(10-13)15(18)17-9-3-6-11-4-2-8-14(11)17/h11-14H,1-10,16H2. The number of hydrogen-bond donors (Lipinski definition) is 1. The number of fused-ring (bicyclic) bond motifs is 1. The van der Waals surface area contributed by atoms with Crippen LogP contribution in [0.1, 0.15) is 57.8 Å². The minimum atomic E-state index is 0.230. The summed E-state index contributed by atoms with van der Waals surface area (Å²) >= 11 is 0. The molecule has 3 rings (SSSR count). The Hall–Kier alpha value is -0.570. The van der Waals surface area contributed by atoms with Crippen molar-refractivity contribution in [1.82, 2.24) is 4.90 Å². The van der Waals surface area contributed by atoms with Crippen LogP contribution in [0.25, 0.3) is 0 Å². The summed E-state index contributed by atoms with van der Waals surface area (Å²) in [5.74, 6) is 1.47. The molecule has 18 heavy (non-hydrogen) atoms. The molecule has 102 valence electrons. The molecule has 1 saturated heterocycles. The number of carbonyl (C=O) groups is 1. The van der Waals surface area contributed by atoms with Crippen molar-refractivity contribution in [3.8, 4) is 0 Å². The molecule has 1 heterocycles. The lowest BCUT2D eigenvalue weighted by molar-refractivity contribution is -0.141. The van der Waals surface area contributed by atoms with Gasteiger partial charge in [-0.1, -0.05) is 12.8 Å². The van der Waals surface area contributed by atoms with E-state index in [1.807, 2.05) is 0 Å². The molecular weight excluding hydrogens is 224 g/mol. The summed E-state index contributed by atoms with van der Waals surface area (Å²) < 4.78 is 0. The van der Waals surface area contributed by atoms with Crippen molar-refractivity contribution in [2.75, 3.05) is 6.54 Å². The molecular formula is C15H26N2O. The topological polar surface area (TPSA) is 46.3 Å². The molecule has 0 aromatic carbocycles. The van der Waals surface area contributed by atoms with Crippen molar-refractivity contribution in [2.45, 2.75) is 69.9 Å². The highest BCUT2D eigenvalue weighted by molar-refractivity contribution is 5.79. The fourth-order valence-corrected chi connectivity index (χ4v) is 4.41. The first kappa shape index (κ1) is 12.5. The molecule has 3 aliphatic rings. The van der Waals surface area contributed by atoms with Crippen LogP contribution in [0.15, 0.2) is 0 Å². The van der Waals surface area contributed by atoms with Gasteiger partial charge in [0.05, 0.1) is 0 Å². The van der Waals surface area contributed by atoms with E-state index in [0.717, 1.165) is 38.1 Å². The second-order valence-electron chi connectivity index (χ2n) is 6.56. The van der Waals surface area contributed by atoms with Gasteiger partial charge in [0.25, 0.3) is 0 Å². The lowest BCUT2D eigenvalue weighted by Gasteiger charge is -2.40. The average molecular weight is 250 g/mol. The molecule has 0 radical (unpaired) electrons. The van der Waals surface area contributed by atoms with Gasteiger partial charge in [0.2, 0.25) is 5.91 Å². The highest BCUT2D eigenvalue weighted by Gasteiger charge is 2.39. The van der Waals surface area contributed by atoms with E-state index in [9.17, 15) is 4.79 Å². The maximum Gasteiger partial charge on any atom is 0.225 e. The number of carbonyl (C=O) groups excluding carboxylic acids is 1. The molecule has 1 amide bonds. The van der Waals surface area contributed by atoms with Crippen LogP contribution in [0.5, 0.6) is 0 Å². The monoisotopic (exact) mass is 250 g/mol. The average Bonchev–Trinajstić information content (AvgIpc) is 2.86. The largest absolute Gasteiger partial charge is 0.339 e. The molecule has 3 fully saturated rings. The van der Waals surface area contributed by atoms with Gasteiger partial charge in [-0.05, 0) is 50.9 Å². The molecule has 0 aromatic rings. The van der Waals surface area contributed by atoms with Crippen molar-refractivity contribution in [2.24, 2.45) is 17.6 Å². The van der Waals surface area contributed by atoms with Crippen molar-refractivity contribution >= 4 is 5.91 Å². The number of amides is 1. The van der Waals surface area contributed by atoms with E-state index in [0.29, 0.717) is 11.9 Å². The summed E-state index contributed by atoms with van der Waals surface area (Å²) in [4.78, 5) is 15.0. The first-order valence-electron chi connectivity index (χ1n) is 7.82. The van der Waals surface area contributed by atoms with Crippen molar-refractivity contribution < 1.29 is 4.79 Å². The highest BCUT2D eigenvalue weighted by atomic mass is 16.2. The smallest absolute Gasteiger partial charge is 0.225 e. The Balaban J connectivity index is 1.67. The Bertz CT molecular complexity index is 318. The molecule has 0 aromatic heterocycles. The second kappa shape index (κ2) is 5.20. The fraction of sp³-hybridized carbons (Fsp3) is 0.933. The Labute approximate surface area is 110 Å². The predicted molar refractivity (Wildman–Crippen MR) is 72.0 cm³/mol. The zero-order valence-corrected chi connectivity index (χ0v) is 11.3. The van der Waals surface area contributed by atoms with Crippen molar-refractivity contribution in [1.29, 1.82) is 0 Å². The SMILES string of the molecule is NC1CCCC(C(=O)N2CCCC3CCCC32)C1. The van der Waals surface area contributed by atoms with Gasteiger partial charge < -0.3 is 10.6 Å². The van der Waals surface area contributed by atoms with Crippen LogP contribution in [0.2, 0.25) is 0 Å². The third-order valence-corrected chi connectivity index (χ3v) is 5.34. The summed E-state index contributed by atoms with van der Waals surface area (Å²) in [5, 5.41) is 0. The van der Waals surface area contributed by atoms with Crippen LogP contribution < -0.4 is 5.73 Å². The maximum atomic E-state index is 12.7. The Morgan fingerprint density at radius 2 is 1.78 bits per heavy atom. The third kappa shape index (κ3) is 2.29. The quantitative estimate of drug-likeness (QED) is 0.776. The molecule has 0 bridgehead atoms. The van der Waals surface area contributed by atoms with Crippen LogP contribution in [0.3, 0.4) is 0 Å². The number of likely N-dealkylation sites (tertiary alicyclic amines) is 1. The van der Waals surface area contributed by atoms with Crippen LogP contribution in [0.4, 0.5) is 0 Å². The predicted octanol–water partition coefficient (Wildman–Crippen LogP) is 2.29. The zero-order chi connectivity index (χ0) is 12.5. The Morgan fingerprint density at radius 3 is 2.61 bits per heavy atom. The summed E-state index contributed by atoms with van der Waals surface area (Å²) in [7, 11) is 0. The van der Waals surface area contributed by atoms with Crippen molar-refractivity contribution in [3.05, 3.63) is 0 Å². The van der Waals surface area contributed by atoms with E-state index in [1.165, 1.54) is 32.1 Å². The van der Waals surface area contributed by atoms with Crippen LogP contribution in [0, 0.1) is 11.8 Å². The molecule has 3 nitrogen and oxygen atoms in total.